The zero-order chi connectivity index (χ0) is 8.32. The Labute approximate surface area is 66.2 Å². The van der Waals surface area contributed by atoms with Gasteiger partial charge in [-0.3, -0.25) is 0 Å². The van der Waals surface area contributed by atoms with E-state index in [-0.39, 0.29) is 6.04 Å². The van der Waals surface area contributed by atoms with Crippen molar-refractivity contribution in [1.29, 1.82) is 0 Å². The van der Waals surface area contributed by atoms with Gasteiger partial charge in [-0.05, 0) is 12.8 Å². The van der Waals surface area contributed by atoms with Gasteiger partial charge in [0.25, 0.3) is 0 Å². The Bertz CT molecular complexity index is 162. The number of nitrogens with zero attached hydrogens (tertiary/aromatic N) is 1. The Balaban J connectivity index is 2.47. The van der Waals surface area contributed by atoms with Gasteiger partial charge in [-0.25, -0.2) is 4.74 Å². The molecule has 0 aliphatic heterocycles. The molecule has 5 heteroatoms. The highest BCUT2D eigenvalue weighted by molar-refractivity contribution is 7.48. The zero-order valence-electron chi connectivity index (χ0n) is 6.35. The summed E-state index contributed by atoms with van der Waals surface area (Å²) in [5.74, 6) is 0. The molecular weight excluding hydrogens is 165 g/mol. The van der Waals surface area contributed by atoms with E-state index < -0.39 is 7.74 Å². The van der Waals surface area contributed by atoms with Crippen LogP contribution in [0.5, 0.6) is 0 Å². The first-order chi connectivity index (χ1) is 5.08. The van der Waals surface area contributed by atoms with Gasteiger partial charge in [-0.15, -0.1) is 0 Å². The van der Waals surface area contributed by atoms with Gasteiger partial charge in [-0.1, -0.05) is 19.3 Å². The largest absolute Gasteiger partial charge is 0.347 e. The van der Waals surface area contributed by atoms with Crippen LogP contribution in [0.15, 0.2) is 4.74 Å². The molecule has 0 radical (unpaired) electrons. The van der Waals surface area contributed by atoms with E-state index in [0.29, 0.717) is 0 Å². The molecule has 0 atom stereocenters. The van der Waals surface area contributed by atoms with E-state index in [1.54, 1.807) is 0 Å². The summed E-state index contributed by atoms with van der Waals surface area (Å²) in [6.07, 6.45) is 5.11. The van der Waals surface area contributed by atoms with E-state index in [0.717, 1.165) is 25.7 Å². The number of rotatable bonds is 1. The molecule has 0 unspecified atom stereocenters. The van der Waals surface area contributed by atoms with Crippen LogP contribution in [-0.2, 0) is 0 Å². The number of hydrogen-bond donors (Lipinski definition) is 3. The number of hydrogen-bond acceptors (Lipinski definition) is 1. The first-order valence-electron chi connectivity index (χ1n) is 3.87. The third-order valence-corrected chi connectivity index (χ3v) is 2.53. The molecule has 0 aromatic heterocycles. The van der Waals surface area contributed by atoms with Crippen LogP contribution in [0.4, 0.5) is 0 Å². The van der Waals surface area contributed by atoms with Gasteiger partial charge in [0.05, 0.1) is 6.04 Å². The third kappa shape index (κ3) is 3.87. The molecule has 0 aromatic carbocycles. The highest BCUT2D eigenvalue weighted by Gasteiger charge is 2.15. The summed E-state index contributed by atoms with van der Waals surface area (Å²) < 4.78 is 3.55. The molecule has 0 aromatic rings. The summed E-state index contributed by atoms with van der Waals surface area (Å²) in [4.78, 5) is 25.9. The molecule has 0 saturated heterocycles. The summed E-state index contributed by atoms with van der Waals surface area (Å²) in [5.41, 5.74) is 0. The Hall–Kier alpha value is 0.110. The highest BCUT2D eigenvalue weighted by atomic mass is 31.2. The molecule has 1 saturated carbocycles. The summed E-state index contributed by atoms with van der Waals surface area (Å²) in [7, 11) is -3.86. The van der Waals surface area contributed by atoms with Crippen molar-refractivity contribution >= 4 is 7.74 Å². The van der Waals surface area contributed by atoms with Gasteiger partial charge >= 0.3 is 7.74 Å². The quantitative estimate of drug-likeness (QED) is 0.530. The van der Waals surface area contributed by atoms with Gasteiger partial charge < -0.3 is 14.7 Å². The summed E-state index contributed by atoms with van der Waals surface area (Å²) in [6, 6.07) is -0.0305. The van der Waals surface area contributed by atoms with Crippen LogP contribution in [0.1, 0.15) is 32.1 Å². The van der Waals surface area contributed by atoms with Gasteiger partial charge in [0.2, 0.25) is 0 Å². The minimum Gasteiger partial charge on any atom is -0.319 e. The Morgan fingerprint density at radius 2 is 1.55 bits per heavy atom. The third-order valence-electron chi connectivity index (χ3n) is 1.89. The van der Waals surface area contributed by atoms with Crippen molar-refractivity contribution < 1.29 is 14.7 Å². The van der Waals surface area contributed by atoms with Crippen molar-refractivity contribution in [2.24, 2.45) is 4.74 Å². The minimum absolute atomic E-state index is 0.0305. The van der Waals surface area contributed by atoms with E-state index in [1.807, 2.05) is 0 Å². The first kappa shape index (κ1) is 9.20. The van der Waals surface area contributed by atoms with E-state index in [2.05, 4.69) is 4.74 Å². The lowest BCUT2D eigenvalue weighted by Crippen LogP contribution is -2.09. The first-order valence-corrected chi connectivity index (χ1v) is 5.47. The normalized spacial score (nSPS) is 21.7. The second kappa shape index (κ2) is 3.68. The Kier molecular flexibility index (Phi) is 3.07. The Morgan fingerprint density at radius 1 is 1.00 bits per heavy atom. The van der Waals surface area contributed by atoms with Crippen molar-refractivity contribution in [3.8, 4) is 0 Å². The molecule has 66 valence electrons. The lowest BCUT2D eigenvalue weighted by Gasteiger charge is -2.18. The molecule has 1 aliphatic carbocycles. The molecule has 4 nitrogen and oxygen atoms in total. The van der Waals surface area contributed by atoms with E-state index in [1.165, 1.54) is 6.42 Å². The molecule has 1 aliphatic rings. The molecule has 3 N–H and O–H groups in total. The van der Waals surface area contributed by atoms with E-state index in [9.17, 15) is 0 Å². The second-order valence-corrected chi connectivity index (χ2v) is 4.25. The van der Waals surface area contributed by atoms with Crippen molar-refractivity contribution in [3.05, 3.63) is 0 Å². The molecule has 0 spiro atoms. The van der Waals surface area contributed by atoms with Crippen molar-refractivity contribution in [2.45, 2.75) is 38.1 Å². The predicted octanol–water partition coefficient (Wildman–Crippen LogP) is 1.24. The average Bonchev–Trinajstić information content (AvgIpc) is 1.85. The lowest BCUT2D eigenvalue weighted by atomic mass is 9.97. The summed E-state index contributed by atoms with van der Waals surface area (Å²) in [6.45, 7) is 0. The van der Waals surface area contributed by atoms with Crippen LogP contribution in [0.3, 0.4) is 0 Å². The van der Waals surface area contributed by atoms with Crippen LogP contribution in [0.2, 0.25) is 0 Å². The highest BCUT2D eigenvalue weighted by Crippen LogP contribution is 2.37. The van der Waals surface area contributed by atoms with Crippen molar-refractivity contribution in [1.82, 2.24) is 0 Å². The molecule has 0 heterocycles. The fourth-order valence-electron chi connectivity index (χ4n) is 1.42. The van der Waals surface area contributed by atoms with Crippen molar-refractivity contribution in [2.75, 3.05) is 0 Å². The van der Waals surface area contributed by atoms with Gasteiger partial charge in [0.1, 0.15) is 0 Å². The molecule has 11 heavy (non-hydrogen) atoms. The topological polar surface area (TPSA) is 73.0 Å². The monoisotopic (exact) mass is 179 g/mol. The molecule has 1 rings (SSSR count). The van der Waals surface area contributed by atoms with Crippen LogP contribution in [-0.4, -0.2) is 20.7 Å². The summed E-state index contributed by atoms with van der Waals surface area (Å²) >= 11 is 0. The predicted molar refractivity (Wildman–Crippen MR) is 42.9 cm³/mol. The SMILES string of the molecule is OP(O)(O)=NC1CCCCC1. The van der Waals surface area contributed by atoms with Crippen LogP contribution in [0.25, 0.3) is 0 Å². The van der Waals surface area contributed by atoms with Crippen molar-refractivity contribution in [3.63, 3.8) is 0 Å². The fourth-order valence-corrected chi connectivity index (χ4v) is 2.08. The maximum atomic E-state index is 8.63. The zero-order valence-corrected chi connectivity index (χ0v) is 7.24. The Morgan fingerprint density at radius 3 is 2.00 bits per heavy atom. The van der Waals surface area contributed by atoms with Gasteiger partial charge in [0.15, 0.2) is 0 Å². The second-order valence-electron chi connectivity index (χ2n) is 2.94. The van der Waals surface area contributed by atoms with E-state index >= 15 is 0 Å². The lowest BCUT2D eigenvalue weighted by molar-refractivity contribution is 0.334. The van der Waals surface area contributed by atoms with Crippen LogP contribution >= 0.6 is 7.74 Å². The van der Waals surface area contributed by atoms with Gasteiger partial charge in [0, 0.05) is 0 Å². The molecule has 0 bridgehead atoms. The fraction of sp³-hybridized carbons (Fsp3) is 1.00. The smallest absolute Gasteiger partial charge is 0.319 e. The average molecular weight is 179 g/mol. The molecule has 1 fully saturated rings. The molecule has 0 amide bonds. The molecular formula is C6H14NO3P. The van der Waals surface area contributed by atoms with Crippen LogP contribution < -0.4 is 0 Å². The van der Waals surface area contributed by atoms with E-state index in [4.69, 9.17) is 14.7 Å². The maximum absolute atomic E-state index is 8.63. The minimum atomic E-state index is -3.86. The maximum Gasteiger partial charge on any atom is 0.347 e. The standard InChI is InChI=1S/C6H14NO3P/c8-11(9,10)7-6-4-2-1-3-5-6/h6,8-10H,1-5H2. The van der Waals surface area contributed by atoms with Gasteiger partial charge in [-0.2, -0.15) is 0 Å². The summed E-state index contributed by atoms with van der Waals surface area (Å²) in [5, 5.41) is 0. The van der Waals surface area contributed by atoms with Crippen LogP contribution in [0, 0.1) is 0 Å².